The number of nitrogens with one attached hydrogen (secondary N) is 1. The summed E-state index contributed by atoms with van der Waals surface area (Å²) in [6, 6.07) is 5.79. The summed E-state index contributed by atoms with van der Waals surface area (Å²) < 4.78 is 11.3. The molecule has 1 aromatic rings. The monoisotopic (exact) mass is 299 g/mol. The molecule has 0 heterocycles. The van der Waals surface area contributed by atoms with Crippen molar-refractivity contribution in [2.45, 2.75) is 45.8 Å². The highest BCUT2D eigenvalue weighted by molar-refractivity contribution is 6.31. The summed E-state index contributed by atoms with van der Waals surface area (Å²) >= 11 is 6.26. The fourth-order valence-corrected chi connectivity index (χ4v) is 1.98. The van der Waals surface area contributed by atoms with E-state index in [-0.39, 0.29) is 5.60 Å². The smallest absolute Gasteiger partial charge is 0.125 e. The molecule has 114 valence electrons. The Kier molecular flexibility index (Phi) is 7.35. The summed E-state index contributed by atoms with van der Waals surface area (Å²) in [4.78, 5) is 0. The third-order valence-electron chi connectivity index (χ3n) is 3.32. The van der Waals surface area contributed by atoms with E-state index in [1.165, 1.54) is 0 Å². The summed E-state index contributed by atoms with van der Waals surface area (Å²) in [6.45, 7) is 8.57. The first-order valence-electron chi connectivity index (χ1n) is 7.16. The van der Waals surface area contributed by atoms with Crippen LogP contribution < -0.4 is 10.1 Å². The van der Waals surface area contributed by atoms with Crippen molar-refractivity contribution in [1.82, 2.24) is 5.32 Å². The van der Waals surface area contributed by atoms with Gasteiger partial charge in [-0.15, -0.1) is 0 Å². The largest absolute Gasteiger partial charge is 0.493 e. The molecule has 0 aliphatic heterocycles. The molecule has 1 aromatic carbocycles. The second-order valence-corrected chi connectivity index (χ2v) is 5.86. The highest BCUT2D eigenvalue weighted by Crippen LogP contribution is 2.27. The maximum Gasteiger partial charge on any atom is 0.125 e. The number of rotatable bonds is 9. The maximum absolute atomic E-state index is 6.26. The first kappa shape index (κ1) is 17.3. The minimum atomic E-state index is -0.167. The number of hydrogen-bond donors (Lipinski definition) is 1. The molecule has 1 rings (SSSR count). The van der Waals surface area contributed by atoms with Crippen molar-refractivity contribution in [3.63, 3.8) is 0 Å². The van der Waals surface area contributed by atoms with Crippen LogP contribution >= 0.6 is 11.6 Å². The van der Waals surface area contributed by atoms with Crippen LogP contribution in [0.5, 0.6) is 5.75 Å². The van der Waals surface area contributed by atoms with Crippen LogP contribution in [0.4, 0.5) is 0 Å². The van der Waals surface area contributed by atoms with E-state index in [9.17, 15) is 0 Å². The minimum Gasteiger partial charge on any atom is -0.493 e. The molecule has 0 fully saturated rings. The Balaban J connectivity index is 2.62. The van der Waals surface area contributed by atoms with E-state index in [0.29, 0.717) is 6.61 Å². The molecule has 3 nitrogen and oxygen atoms in total. The molecule has 0 radical (unpaired) electrons. The molecule has 0 saturated carbocycles. The van der Waals surface area contributed by atoms with E-state index in [2.05, 4.69) is 26.1 Å². The topological polar surface area (TPSA) is 30.5 Å². The van der Waals surface area contributed by atoms with Crippen molar-refractivity contribution in [3.8, 4) is 5.75 Å². The summed E-state index contributed by atoms with van der Waals surface area (Å²) in [7, 11) is 1.72. The predicted octanol–water partition coefficient (Wildman–Crippen LogP) is 4.03. The Morgan fingerprint density at radius 2 is 2.05 bits per heavy atom. The van der Waals surface area contributed by atoms with Crippen molar-refractivity contribution in [1.29, 1.82) is 0 Å². The van der Waals surface area contributed by atoms with Crippen LogP contribution in [0.3, 0.4) is 0 Å². The average Bonchev–Trinajstić information content (AvgIpc) is 2.41. The van der Waals surface area contributed by atoms with E-state index in [4.69, 9.17) is 21.1 Å². The molecular formula is C16H26ClNO2. The van der Waals surface area contributed by atoms with Gasteiger partial charge in [-0.25, -0.2) is 0 Å². The fourth-order valence-electron chi connectivity index (χ4n) is 1.74. The quantitative estimate of drug-likeness (QED) is 0.698. The van der Waals surface area contributed by atoms with Crippen molar-refractivity contribution < 1.29 is 9.47 Å². The van der Waals surface area contributed by atoms with Gasteiger partial charge in [0.05, 0.1) is 12.2 Å². The summed E-state index contributed by atoms with van der Waals surface area (Å²) in [5.41, 5.74) is 0.858. The number of ether oxygens (including phenoxy) is 2. The van der Waals surface area contributed by atoms with Gasteiger partial charge in [0.2, 0.25) is 0 Å². The lowest BCUT2D eigenvalue weighted by Crippen LogP contribution is -2.25. The van der Waals surface area contributed by atoms with Gasteiger partial charge in [0, 0.05) is 30.7 Å². The molecule has 0 aliphatic rings. The van der Waals surface area contributed by atoms with E-state index in [1.807, 2.05) is 18.2 Å². The molecule has 4 heteroatoms. The molecule has 0 aliphatic carbocycles. The Morgan fingerprint density at radius 1 is 1.30 bits per heavy atom. The maximum atomic E-state index is 6.26. The third-order valence-corrected chi connectivity index (χ3v) is 3.67. The Morgan fingerprint density at radius 3 is 2.70 bits per heavy atom. The van der Waals surface area contributed by atoms with Gasteiger partial charge in [0.15, 0.2) is 0 Å². The molecule has 1 N–H and O–H groups in total. The third kappa shape index (κ3) is 5.70. The van der Waals surface area contributed by atoms with Gasteiger partial charge in [0.25, 0.3) is 0 Å². The van der Waals surface area contributed by atoms with Crippen LogP contribution in [0.1, 0.15) is 39.2 Å². The van der Waals surface area contributed by atoms with Crippen LogP contribution in [-0.2, 0) is 11.3 Å². The van der Waals surface area contributed by atoms with Crippen LogP contribution in [0.15, 0.2) is 18.2 Å². The summed E-state index contributed by atoms with van der Waals surface area (Å²) in [5.74, 6) is 0.855. The number of methoxy groups -OCH3 is 1. The molecule has 0 aromatic heterocycles. The molecule has 0 unspecified atom stereocenters. The van der Waals surface area contributed by atoms with Crippen LogP contribution in [0.25, 0.3) is 0 Å². The lowest BCUT2D eigenvalue weighted by Gasteiger charge is -2.23. The minimum absolute atomic E-state index is 0.167. The zero-order valence-corrected chi connectivity index (χ0v) is 13.7. The summed E-state index contributed by atoms with van der Waals surface area (Å²) in [6.07, 6.45) is 1.93. The number of benzene rings is 1. The predicted molar refractivity (Wildman–Crippen MR) is 84.6 cm³/mol. The van der Waals surface area contributed by atoms with Crippen LogP contribution in [0, 0.1) is 0 Å². The SMILES string of the molecule is CCCNCc1c(Cl)cccc1OCCC(C)(C)OC. The molecule has 0 saturated heterocycles. The molecule has 20 heavy (non-hydrogen) atoms. The van der Waals surface area contributed by atoms with Gasteiger partial charge in [-0.05, 0) is 38.9 Å². The molecule has 0 amide bonds. The molecule has 0 spiro atoms. The molecule has 0 atom stereocenters. The van der Waals surface area contributed by atoms with E-state index in [1.54, 1.807) is 7.11 Å². The Hall–Kier alpha value is -0.770. The first-order valence-corrected chi connectivity index (χ1v) is 7.54. The number of hydrogen-bond acceptors (Lipinski definition) is 3. The molecular weight excluding hydrogens is 274 g/mol. The van der Waals surface area contributed by atoms with Crippen LogP contribution in [0.2, 0.25) is 5.02 Å². The first-order chi connectivity index (χ1) is 9.50. The van der Waals surface area contributed by atoms with E-state index in [0.717, 1.165) is 42.3 Å². The molecule has 0 bridgehead atoms. The van der Waals surface area contributed by atoms with Gasteiger partial charge in [-0.1, -0.05) is 24.6 Å². The second-order valence-electron chi connectivity index (χ2n) is 5.46. The van der Waals surface area contributed by atoms with Gasteiger partial charge in [0.1, 0.15) is 5.75 Å². The van der Waals surface area contributed by atoms with Crippen molar-refractivity contribution in [3.05, 3.63) is 28.8 Å². The fraction of sp³-hybridized carbons (Fsp3) is 0.625. The van der Waals surface area contributed by atoms with Gasteiger partial charge < -0.3 is 14.8 Å². The van der Waals surface area contributed by atoms with Crippen molar-refractivity contribution in [2.24, 2.45) is 0 Å². The Bertz CT molecular complexity index is 407. The van der Waals surface area contributed by atoms with E-state index >= 15 is 0 Å². The van der Waals surface area contributed by atoms with Gasteiger partial charge in [-0.2, -0.15) is 0 Å². The zero-order valence-electron chi connectivity index (χ0n) is 13.0. The lowest BCUT2D eigenvalue weighted by atomic mass is 10.1. The van der Waals surface area contributed by atoms with Crippen molar-refractivity contribution in [2.75, 3.05) is 20.3 Å². The normalized spacial score (nSPS) is 11.7. The highest BCUT2D eigenvalue weighted by atomic mass is 35.5. The second kappa shape index (κ2) is 8.50. The average molecular weight is 300 g/mol. The zero-order chi connectivity index (χ0) is 15.0. The Labute approximate surface area is 127 Å². The lowest BCUT2D eigenvalue weighted by molar-refractivity contribution is 0.00537. The summed E-state index contributed by atoms with van der Waals surface area (Å²) in [5, 5.41) is 4.11. The van der Waals surface area contributed by atoms with E-state index < -0.39 is 0 Å². The highest BCUT2D eigenvalue weighted by Gasteiger charge is 2.16. The van der Waals surface area contributed by atoms with Gasteiger partial charge >= 0.3 is 0 Å². The number of halogens is 1. The van der Waals surface area contributed by atoms with Crippen LogP contribution in [-0.4, -0.2) is 25.9 Å². The van der Waals surface area contributed by atoms with Gasteiger partial charge in [-0.3, -0.25) is 0 Å². The van der Waals surface area contributed by atoms with Crippen molar-refractivity contribution >= 4 is 11.6 Å². The standard InChI is InChI=1S/C16H26ClNO2/c1-5-10-18-12-13-14(17)7-6-8-15(13)20-11-9-16(2,3)19-4/h6-8,18H,5,9-12H2,1-4H3.